The zero-order valence-corrected chi connectivity index (χ0v) is 19.7. The molecule has 4 rings (SSSR count). The van der Waals surface area contributed by atoms with Gasteiger partial charge in [-0.3, -0.25) is 9.78 Å². The Morgan fingerprint density at radius 3 is 2.70 bits per heavy atom. The molecule has 8 nitrogen and oxygen atoms in total. The van der Waals surface area contributed by atoms with Crippen molar-refractivity contribution in [3.05, 3.63) is 29.7 Å². The van der Waals surface area contributed by atoms with Crippen molar-refractivity contribution < 1.29 is 9.53 Å². The number of ether oxygens (including phenoxy) is 1. The number of anilines is 2. The number of pyridine rings is 1. The van der Waals surface area contributed by atoms with Crippen LogP contribution in [0.4, 0.5) is 11.6 Å². The second kappa shape index (κ2) is 11.5. The van der Waals surface area contributed by atoms with E-state index in [4.69, 9.17) is 21.3 Å². The minimum atomic E-state index is -0.140. The molecule has 176 valence electrons. The molecule has 2 aromatic rings. The minimum Gasteiger partial charge on any atom is -0.381 e. The van der Waals surface area contributed by atoms with E-state index < -0.39 is 0 Å². The number of halogens is 1. The van der Waals surface area contributed by atoms with Crippen LogP contribution < -0.4 is 10.6 Å². The second-order valence-corrected chi connectivity index (χ2v) is 9.24. The van der Waals surface area contributed by atoms with Crippen molar-refractivity contribution in [2.45, 2.75) is 51.5 Å². The standard InChI is InChI=1S/C24H31ClN6O2/c1-16(32)27-11-17-2-4-19(5-3-17)30-23-10-20(21(25)13-29-23)22-14-26-15-24(31-22)28-12-18-6-8-33-9-7-18/h10-11,13-15,17-19H,2-9,12H2,1H3,(H,28,31)(H,29,30). The quantitative estimate of drug-likeness (QED) is 0.569. The summed E-state index contributed by atoms with van der Waals surface area (Å²) in [6, 6.07) is 2.27. The normalized spacial score (nSPS) is 21.8. The highest BCUT2D eigenvalue weighted by molar-refractivity contribution is 6.33. The van der Waals surface area contributed by atoms with Crippen LogP contribution in [-0.2, 0) is 9.53 Å². The van der Waals surface area contributed by atoms with Crippen LogP contribution >= 0.6 is 11.6 Å². The molecule has 0 radical (unpaired) electrons. The molecule has 1 saturated heterocycles. The number of rotatable bonds is 7. The van der Waals surface area contributed by atoms with E-state index in [0.29, 0.717) is 28.6 Å². The largest absolute Gasteiger partial charge is 0.381 e. The summed E-state index contributed by atoms with van der Waals surface area (Å²) in [5.74, 6) is 2.34. The molecular weight excluding hydrogens is 440 g/mol. The third-order valence-electron chi connectivity index (χ3n) is 6.27. The molecule has 2 fully saturated rings. The topological polar surface area (TPSA) is 101 Å². The van der Waals surface area contributed by atoms with Crippen molar-refractivity contribution in [2.75, 3.05) is 30.4 Å². The molecule has 0 spiro atoms. The van der Waals surface area contributed by atoms with Gasteiger partial charge >= 0.3 is 0 Å². The highest BCUT2D eigenvalue weighted by Gasteiger charge is 2.21. The Kier molecular flexibility index (Phi) is 8.23. The van der Waals surface area contributed by atoms with Gasteiger partial charge in [-0.25, -0.2) is 15.0 Å². The van der Waals surface area contributed by atoms with Gasteiger partial charge in [0.2, 0.25) is 5.91 Å². The Labute approximate surface area is 199 Å². The van der Waals surface area contributed by atoms with Crippen LogP contribution in [0.25, 0.3) is 11.3 Å². The number of amides is 1. The van der Waals surface area contributed by atoms with Gasteiger partial charge < -0.3 is 15.4 Å². The van der Waals surface area contributed by atoms with Gasteiger partial charge in [-0.2, -0.15) is 0 Å². The van der Waals surface area contributed by atoms with E-state index in [1.165, 1.54) is 6.92 Å². The Morgan fingerprint density at radius 2 is 1.94 bits per heavy atom. The van der Waals surface area contributed by atoms with Crippen LogP contribution in [0, 0.1) is 11.8 Å². The molecule has 1 aliphatic carbocycles. The summed E-state index contributed by atoms with van der Waals surface area (Å²) in [5, 5.41) is 7.48. The number of aliphatic imine (C=N–C) groups is 1. The third kappa shape index (κ3) is 6.95. The first-order chi connectivity index (χ1) is 16.1. The maximum atomic E-state index is 11.1. The fourth-order valence-corrected chi connectivity index (χ4v) is 4.53. The molecule has 1 aliphatic heterocycles. The maximum absolute atomic E-state index is 11.1. The number of hydrogen-bond acceptors (Lipinski definition) is 7. The zero-order valence-electron chi connectivity index (χ0n) is 19.0. The highest BCUT2D eigenvalue weighted by Crippen LogP contribution is 2.30. The number of nitrogens with one attached hydrogen (secondary N) is 2. The average Bonchev–Trinajstić information content (AvgIpc) is 2.84. The van der Waals surface area contributed by atoms with Gasteiger partial charge in [-0.1, -0.05) is 11.6 Å². The fourth-order valence-electron chi connectivity index (χ4n) is 4.33. The first kappa shape index (κ1) is 23.6. The molecular formula is C24H31ClN6O2. The van der Waals surface area contributed by atoms with Crippen LogP contribution in [0.5, 0.6) is 0 Å². The average molecular weight is 471 g/mol. The molecule has 3 heterocycles. The fraction of sp³-hybridized carbons (Fsp3) is 0.542. The Bertz CT molecular complexity index is 971. The predicted molar refractivity (Wildman–Crippen MR) is 131 cm³/mol. The molecule has 1 amide bonds. The summed E-state index contributed by atoms with van der Waals surface area (Å²) in [4.78, 5) is 28.5. The number of nitrogens with zero attached hydrogens (tertiary/aromatic N) is 4. The van der Waals surface area contributed by atoms with Gasteiger partial charge in [0, 0.05) is 50.7 Å². The van der Waals surface area contributed by atoms with Crippen LogP contribution in [-0.4, -0.2) is 52.9 Å². The Hall–Kier alpha value is -2.58. The molecule has 0 bridgehead atoms. The lowest BCUT2D eigenvalue weighted by atomic mass is 9.87. The predicted octanol–water partition coefficient (Wildman–Crippen LogP) is 4.62. The van der Waals surface area contributed by atoms with Crippen molar-refractivity contribution in [3.63, 3.8) is 0 Å². The lowest BCUT2D eigenvalue weighted by Crippen LogP contribution is -2.27. The SMILES string of the molecule is CC(=O)N=CC1CCC(Nc2cc(-c3cncc(NCC4CCOCC4)n3)c(Cl)cn2)CC1. The lowest BCUT2D eigenvalue weighted by Gasteiger charge is -2.27. The van der Waals surface area contributed by atoms with E-state index >= 15 is 0 Å². The van der Waals surface area contributed by atoms with Crippen LogP contribution in [0.1, 0.15) is 45.4 Å². The van der Waals surface area contributed by atoms with Gasteiger partial charge in [0.05, 0.1) is 23.1 Å². The number of carbonyl (C=O) groups is 1. The van der Waals surface area contributed by atoms with E-state index in [-0.39, 0.29) is 5.91 Å². The Balaban J connectivity index is 1.38. The molecule has 9 heteroatoms. The lowest BCUT2D eigenvalue weighted by molar-refractivity contribution is -0.115. The molecule has 1 saturated carbocycles. The monoisotopic (exact) mass is 470 g/mol. The molecule has 2 N–H and O–H groups in total. The summed E-state index contributed by atoms with van der Waals surface area (Å²) in [6.07, 6.45) is 13.1. The van der Waals surface area contributed by atoms with E-state index in [1.807, 2.05) is 6.07 Å². The maximum Gasteiger partial charge on any atom is 0.242 e. The van der Waals surface area contributed by atoms with Crippen molar-refractivity contribution in [3.8, 4) is 11.3 Å². The summed E-state index contributed by atoms with van der Waals surface area (Å²) < 4.78 is 5.43. The molecule has 2 aliphatic rings. The number of hydrogen-bond donors (Lipinski definition) is 2. The first-order valence-corrected chi connectivity index (χ1v) is 12.1. The number of aromatic nitrogens is 3. The van der Waals surface area contributed by atoms with E-state index in [1.54, 1.807) is 24.8 Å². The van der Waals surface area contributed by atoms with Crippen LogP contribution in [0.3, 0.4) is 0 Å². The van der Waals surface area contributed by atoms with Crippen molar-refractivity contribution >= 4 is 35.4 Å². The van der Waals surface area contributed by atoms with Gasteiger partial charge in [-0.05, 0) is 56.4 Å². The highest BCUT2D eigenvalue weighted by atomic mass is 35.5. The molecule has 0 aromatic carbocycles. The van der Waals surface area contributed by atoms with Gasteiger partial charge in [-0.15, -0.1) is 0 Å². The summed E-state index contributed by atoms with van der Waals surface area (Å²) in [5.41, 5.74) is 1.52. The number of carbonyl (C=O) groups excluding carboxylic acids is 1. The zero-order chi connectivity index (χ0) is 23.0. The molecule has 0 atom stereocenters. The van der Waals surface area contributed by atoms with Crippen molar-refractivity contribution in [1.29, 1.82) is 0 Å². The smallest absolute Gasteiger partial charge is 0.242 e. The van der Waals surface area contributed by atoms with E-state index in [9.17, 15) is 4.79 Å². The summed E-state index contributed by atoms with van der Waals surface area (Å²) >= 11 is 6.47. The molecule has 33 heavy (non-hydrogen) atoms. The van der Waals surface area contributed by atoms with E-state index in [2.05, 4.69) is 25.6 Å². The van der Waals surface area contributed by atoms with Crippen LogP contribution in [0.15, 0.2) is 29.6 Å². The van der Waals surface area contributed by atoms with Gasteiger partial charge in [0.1, 0.15) is 11.6 Å². The van der Waals surface area contributed by atoms with Crippen molar-refractivity contribution in [1.82, 2.24) is 15.0 Å². The molecule has 2 aromatic heterocycles. The van der Waals surface area contributed by atoms with Crippen molar-refractivity contribution in [2.24, 2.45) is 16.8 Å². The van der Waals surface area contributed by atoms with Gasteiger partial charge in [0.25, 0.3) is 0 Å². The van der Waals surface area contributed by atoms with E-state index in [0.717, 1.165) is 75.5 Å². The minimum absolute atomic E-state index is 0.140. The first-order valence-electron chi connectivity index (χ1n) is 11.7. The Morgan fingerprint density at radius 1 is 1.15 bits per heavy atom. The molecule has 0 unspecified atom stereocenters. The second-order valence-electron chi connectivity index (χ2n) is 8.83. The summed E-state index contributed by atoms with van der Waals surface area (Å²) in [6.45, 7) is 4.00. The third-order valence-corrected chi connectivity index (χ3v) is 6.57. The van der Waals surface area contributed by atoms with Crippen LogP contribution in [0.2, 0.25) is 5.02 Å². The summed E-state index contributed by atoms with van der Waals surface area (Å²) in [7, 11) is 0. The van der Waals surface area contributed by atoms with Gasteiger partial charge in [0.15, 0.2) is 0 Å².